The summed E-state index contributed by atoms with van der Waals surface area (Å²) in [5.74, 6) is -0.146. The van der Waals surface area contributed by atoms with Gasteiger partial charge in [0.2, 0.25) is 0 Å². The Bertz CT molecular complexity index is 537. The van der Waals surface area contributed by atoms with Crippen molar-refractivity contribution in [2.24, 2.45) is 4.99 Å². The number of H-pyrrole nitrogens is 1. The van der Waals surface area contributed by atoms with Gasteiger partial charge in [0, 0.05) is 10.9 Å². The van der Waals surface area contributed by atoms with Gasteiger partial charge >= 0.3 is 0 Å². The van der Waals surface area contributed by atoms with Crippen LogP contribution in [0.4, 0.5) is 0 Å². The molecule has 1 aromatic heterocycles. The zero-order valence-electron chi connectivity index (χ0n) is 6.74. The van der Waals surface area contributed by atoms with E-state index < -0.39 is 0 Å². The molecular weight excluding hydrogens is 164 g/mol. The third-order valence-corrected chi connectivity index (χ3v) is 2.26. The number of aliphatic imine (C=N–C) groups is 1. The molecule has 3 rings (SSSR count). The molecule has 1 aliphatic heterocycles. The van der Waals surface area contributed by atoms with E-state index in [2.05, 4.69) is 9.98 Å². The number of hydrogen-bond donors (Lipinski definition) is 1. The second kappa shape index (κ2) is 2.07. The van der Waals surface area contributed by atoms with Gasteiger partial charge < -0.3 is 4.98 Å². The Hall–Kier alpha value is -1.90. The van der Waals surface area contributed by atoms with Crippen LogP contribution in [0.1, 0.15) is 16.1 Å². The number of aromatic nitrogens is 1. The Balaban J connectivity index is 2.51. The first-order chi connectivity index (χ1) is 6.36. The van der Waals surface area contributed by atoms with Gasteiger partial charge in [0.1, 0.15) is 0 Å². The highest BCUT2D eigenvalue weighted by Crippen LogP contribution is 2.24. The van der Waals surface area contributed by atoms with Crippen molar-refractivity contribution in [3.05, 3.63) is 35.5 Å². The Morgan fingerprint density at radius 2 is 2.08 bits per heavy atom. The molecule has 0 radical (unpaired) electrons. The summed E-state index contributed by atoms with van der Waals surface area (Å²) >= 11 is 0. The Morgan fingerprint density at radius 3 is 3.00 bits per heavy atom. The molecule has 1 aliphatic rings. The number of benzene rings is 1. The highest BCUT2D eigenvalue weighted by atomic mass is 16.1. The van der Waals surface area contributed by atoms with Gasteiger partial charge in [0.25, 0.3) is 5.91 Å². The molecule has 0 bridgehead atoms. The minimum Gasteiger partial charge on any atom is -0.353 e. The molecule has 62 valence electrons. The molecule has 2 heterocycles. The molecular formula is C10H6N2O. The maximum Gasteiger partial charge on any atom is 0.279 e. The summed E-state index contributed by atoms with van der Waals surface area (Å²) in [6, 6.07) is 7.74. The lowest BCUT2D eigenvalue weighted by molar-refractivity contribution is 0.101. The first-order valence-corrected chi connectivity index (χ1v) is 4.05. The van der Waals surface area contributed by atoms with Gasteiger partial charge in [-0.05, 0) is 6.07 Å². The van der Waals surface area contributed by atoms with Gasteiger partial charge in [0.15, 0.2) is 0 Å². The van der Waals surface area contributed by atoms with Gasteiger partial charge in [-0.15, -0.1) is 0 Å². The first kappa shape index (κ1) is 6.60. The number of hydrogen-bond acceptors (Lipinski definition) is 1. The van der Waals surface area contributed by atoms with E-state index in [1.807, 2.05) is 24.3 Å². The van der Waals surface area contributed by atoms with Gasteiger partial charge in [-0.25, -0.2) is 4.99 Å². The number of nitrogens with one attached hydrogen (secondary N) is 1. The predicted molar refractivity (Wildman–Crippen MR) is 50.2 cm³/mol. The second-order valence-corrected chi connectivity index (χ2v) is 3.02. The summed E-state index contributed by atoms with van der Waals surface area (Å²) in [6.07, 6.45) is 1.58. The fourth-order valence-corrected chi connectivity index (χ4v) is 1.68. The molecule has 3 heteroatoms. The SMILES string of the molecule is O=C1N=Cc2[nH]c3ccccc3c21. The van der Waals surface area contributed by atoms with Gasteiger partial charge in [0.05, 0.1) is 17.5 Å². The van der Waals surface area contributed by atoms with Crippen molar-refractivity contribution < 1.29 is 4.79 Å². The number of carbonyl (C=O) groups excluding carboxylic acids is 1. The average molecular weight is 170 g/mol. The van der Waals surface area contributed by atoms with Crippen molar-refractivity contribution in [2.45, 2.75) is 0 Å². The number of rotatable bonds is 0. The lowest BCUT2D eigenvalue weighted by Gasteiger charge is -1.88. The molecule has 13 heavy (non-hydrogen) atoms. The van der Waals surface area contributed by atoms with E-state index in [-0.39, 0.29) is 5.91 Å². The number of nitrogens with zero attached hydrogens (tertiary/aromatic N) is 1. The molecule has 0 spiro atoms. The highest BCUT2D eigenvalue weighted by molar-refractivity contribution is 6.20. The fraction of sp³-hybridized carbons (Fsp3) is 0. The first-order valence-electron chi connectivity index (χ1n) is 4.05. The second-order valence-electron chi connectivity index (χ2n) is 3.02. The van der Waals surface area contributed by atoms with Crippen molar-refractivity contribution in [3.8, 4) is 0 Å². The number of aromatic amines is 1. The summed E-state index contributed by atoms with van der Waals surface area (Å²) < 4.78 is 0. The quantitative estimate of drug-likeness (QED) is 0.643. The van der Waals surface area contributed by atoms with Crippen molar-refractivity contribution in [2.75, 3.05) is 0 Å². The van der Waals surface area contributed by atoms with Crippen LogP contribution >= 0.6 is 0 Å². The van der Waals surface area contributed by atoms with Crippen molar-refractivity contribution in [1.82, 2.24) is 4.98 Å². The summed E-state index contributed by atoms with van der Waals surface area (Å²) in [5.41, 5.74) is 2.52. The maximum atomic E-state index is 11.3. The van der Waals surface area contributed by atoms with Crippen molar-refractivity contribution in [1.29, 1.82) is 0 Å². The van der Waals surface area contributed by atoms with Crippen LogP contribution in [0.15, 0.2) is 29.3 Å². The summed E-state index contributed by atoms with van der Waals surface area (Å²) in [6.45, 7) is 0. The van der Waals surface area contributed by atoms with Crippen LogP contribution in [0.5, 0.6) is 0 Å². The van der Waals surface area contributed by atoms with Crippen LogP contribution in [0.25, 0.3) is 10.9 Å². The zero-order valence-corrected chi connectivity index (χ0v) is 6.74. The Morgan fingerprint density at radius 1 is 1.23 bits per heavy atom. The number of para-hydroxylation sites is 1. The van der Waals surface area contributed by atoms with E-state index in [4.69, 9.17) is 0 Å². The lowest BCUT2D eigenvalue weighted by atomic mass is 10.1. The van der Waals surface area contributed by atoms with E-state index in [0.717, 1.165) is 16.6 Å². The number of fused-ring (bicyclic) bond motifs is 3. The van der Waals surface area contributed by atoms with E-state index in [9.17, 15) is 4.79 Å². The van der Waals surface area contributed by atoms with Crippen LogP contribution in [0, 0.1) is 0 Å². The molecule has 1 aromatic carbocycles. The molecule has 0 saturated carbocycles. The third kappa shape index (κ3) is 0.731. The molecule has 0 unspecified atom stereocenters. The van der Waals surface area contributed by atoms with E-state index in [1.54, 1.807) is 6.21 Å². The van der Waals surface area contributed by atoms with Crippen molar-refractivity contribution >= 4 is 23.0 Å². The van der Waals surface area contributed by atoms with Gasteiger partial charge in [-0.3, -0.25) is 4.79 Å². The normalized spacial score (nSPS) is 14.0. The minimum absolute atomic E-state index is 0.146. The maximum absolute atomic E-state index is 11.3. The molecule has 0 saturated heterocycles. The Labute approximate surface area is 74.1 Å². The summed E-state index contributed by atoms with van der Waals surface area (Å²) in [7, 11) is 0. The summed E-state index contributed by atoms with van der Waals surface area (Å²) in [5, 5.41) is 0.958. The standard InChI is InChI=1S/C10H6N2O/c13-10-9-6-3-1-2-4-7(6)12-8(9)5-11-10/h1-5,12H. The Kier molecular flexibility index (Phi) is 1.05. The fourth-order valence-electron chi connectivity index (χ4n) is 1.68. The topological polar surface area (TPSA) is 45.2 Å². The minimum atomic E-state index is -0.146. The monoisotopic (exact) mass is 170 g/mol. The molecule has 3 nitrogen and oxygen atoms in total. The summed E-state index contributed by atoms with van der Waals surface area (Å²) in [4.78, 5) is 18.2. The highest BCUT2D eigenvalue weighted by Gasteiger charge is 2.20. The van der Waals surface area contributed by atoms with Crippen LogP contribution in [-0.4, -0.2) is 17.1 Å². The van der Waals surface area contributed by atoms with E-state index >= 15 is 0 Å². The average Bonchev–Trinajstić information content (AvgIpc) is 2.66. The van der Waals surface area contributed by atoms with Crippen LogP contribution < -0.4 is 0 Å². The molecule has 2 aromatic rings. The molecule has 1 amide bonds. The number of carbonyl (C=O) groups is 1. The van der Waals surface area contributed by atoms with Crippen molar-refractivity contribution in [3.63, 3.8) is 0 Å². The van der Waals surface area contributed by atoms with Gasteiger partial charge in [-0.1, -0.05) is 18.2 Å². The third-order valence-electron chi connectivity index (χ3n) is 2.26. The van der Waals surface area contributed by atoms with Crippen LogP contribution in [-0.2, 0) is 0 Å². The molecule has 0 atom stereocenters. The molecule has 0 aliphatic carbocycles. The predicted octanol–water partition coefficient (Wildman–Crippen LogP) is 1.74. The van der Waals surface area contributed by atoms with E-state index in [1.165, 1.54) is 0 Å². The van der Waals surface area contributed by atoms with Gasteiger partial charge in [-0.2, -0.15) is 0 Å². The van der Waals surface area contributed by atoms with Crippen LogP contribution in [0.2, 0.25) is 0 Å². The molecule has 1 N–H and O–H groups in total. The lowest BCUT2D eigenvalue weighted by Crippen LogP contribution is -1.87. The van der Waals surface area contributed by atoms with E-state index in [0.29, 0.717) is 5.56 Å². The van der Waals surface area contributed by atoms with Crippen LogP contribution in [0.3, 0.4) is 0 Å². The smallest absolute Gasteiger partial charge is 0.279 e. The largest absolute Gasteiger partial charge is 0.353 e. The zero-order chi connectivity index (χ0) is 8.84. The molecule has 0 fully saturated rings. The number of amides is 1.